The fourth-order valence-corrected chi connectivity index (χ4v) is 3.08. The quantitative estimate of drug-likeness (QED) is 0.447. The van der Waals surface area contributed by atoms with Gasteiger partial charge in [-0.05, 0) is 6.92 Å². The Morgan fingerprint density at radius 3 is 2.78 bits per heavy atom. The largest absolute Gasteiger partial charge is 0.393 e. The van der Waals surface area contributed by atoms with Gasteiger partial charge in [0.15, 0.2) is 9.84 Å². The molecule has 8 heteroatoms. The van der Waals surface area contributed by atoms with Crippen LogP contribution in [0, 0.1) is 0 Å². The van der Waals surface area contributed by atoms with E-state index >= 15 is 0 Å². The second kappa shape index (κ2) is 5.96. The van der Waals surface area contributed by atoms with E-state index in [4.69, 9.17) is 5.11 Å². The van der Waals surface area contributed by atoms with Gasteiger partial charge in [0, 0.05) is 25.6 Å². The first-order chi connectivity index (χ1) is 8.24. The number of hydrogen-bond acceptors (Lipinski definition) is 6. The topological polar surface area (TPSA) is 116 Å². The molecule has 1 rings (SSSR count). The summed E-state index contributed by atoms with van der Waals surface area (Å²) in [6.45, 7) is 1.23. The molecule has 4 N–H and O–H groups in total. The highest BCUT2D eigenvalue weighted by molar-refractivity contribution is 7.91. The molecule has 18 heavy (non-hydrogen) atoms. The van der Waals surface area contributed by atoms with E-state index in [0.29, 0.717) is 6.54 Å². The second-order valence-electron chi connectivity index (χ2n) is 4.90. The van der Waals surface area contributed by atoms with Crippen molar-refractivity contribution in [1.82, 2.24) is 10.6 Å². The zero-order valence-corrected chi connectivity index (χ0v) is 11.2. The van der Waals surface area contributed by atoms with Crippen LogP contribution in [-0.2, 0) is 14.6 Å². The van der Waals surface area contributed by atoms with Crippen LogP contribution in [0.4, 0.5) is 0 Å². The normalized spacial score (nSPS) is 26.3. The maximum absolute atomic E-state index is 11.5. The molecule has 1 saturated heterocycles. The Bertz CT molecular complexity index is 393. The van der Waals surface area contributed by atoms with E-state index in [1.165, 1.54) is 6.92 Å². The number of sulfone groups is 1. The molecule has 0 aromatic heterocycles. The number of amides is 1. The molecular weight excluding hydrogens is 260 g/mol. The Labute approximate surface area is 106 Å². The molecule has 1 aliphatic rings. The third kappa shape index (κ3) is 5.30. The van der Waals surface area contributed by atoms with E-state index in [9.17, 15) is 18.3 Å². The van der Waals surface area contributed by atoms with Gasteiger partial charge in [-0.2, -0.15) is 0 Å². The Kier molecular flexibility index (Phi) is 5.09. The fraction of sp³-hybridized carbons (Fsp3) is 0.900. The highest BCUT2D eigenvalue weighted by Crippen LogP contribution is 2.05. The van der Waals surface area contributed by atoms with Crippen molar-refractivity contribution >= 4 is 15.7 Å². The minimum atomic E-state index is -3.06. The van der Waals surface area contributed by atoms with Gasteiger partial charge in [-0.3, -0.25) is 4.79 Å². The summed E-state index contributed by atoms with van der Waals surface area (Å²) in [6, 6.07) is -0.386. The molecule has 2 unspecified atom stereocenters. The minimum Gasteiger partial charge on any atom is -0.393 e. The van der Waals surface area contributed by atoms with Crippen LogP contribution >= 0.6 is 0 Å². The van der Waals surface area contributed by atoms with E-state index in [0.717, 1.165) is 0 Å². The second-order valence-corrected chi connectivity index (χ2v) is 7.13. The number of nitrogens with one attached hydrogen (secondary N) is 2. The fourth-order valence-electron chi connectivity index (χ4n) is 1.64. The molecule has 1 heterocycles. The van der Waals surface area contributed by atoms with Crippen LogP contribution in [-0.4, -0.2) is 67.4 Å². The van der Waals surface area contributed by atoms with Crippen molar-refractivity contribution in [2.75, 3.05) is 31.2 Å². The predicted molar refractivity (Wildman–Crippen MR) is 65.8 cm³/mol. The molecule has 2 atom stereocenters. The number of aliphatic hydroxyl groups is 2. The van der Waals surface area contributed by atoms with Crippen LogP contribution in [0.15, 0.2) is 0 Å². The lowest BCUT2D eigenvalue weighted by molar-refractivity contribution is -0.123. The summed E-state index contributed by atoms with van der Waals surface area (Å²) >= 11 is 0. The van der Waals surface area contributed by atoms with E-state index in [1.54, 1.807) is 0 Å². The van der Waals surface area contributed by atoms with Crippen LogP contribution in [0.2, 0.25) is 0 Å². The number of rotatable bonds is 5. The Morgan fingerprint density at radius 1 is 1.56 bits per heavy atom. The molecule has 1 aliphatic heterocycles. The van der Waals surface area contributed by atoms with Gasteiger partial charge in [-0.25, -0.2) is 8.42 Å². The van der Waals surface area contributed by atoms with Crippen molar-refractivity contribution in [3.63, 3.8) is 0 Å². The van der Waals surface area contributed by atoms with Gasteiger partial charge in [0.1, 0.15) is 5.60 Å². The average Bonchev–Trinajstić information content (AvgIpc) is 2.25. The highest BCUT2D eigenvalue weighted by Gasteiger charge is 2.27. The van der Waals surface area contributed by atoms with Crippen LogP contribution in [0.3, 0.4) is 0 Å². The summed E-state index contributed by atoms with van der Waals surface area (Å²) in [5, 5.41) is 23.7. The smallest absolute Gasteiger partial charge is 0.221 e. The first kappa shape index (κ1) is 15.4. The van der Waals surface area contributed by atoms with Crippen molar-refractivity contribution in [2.24, 2.45) is 0 Å². The van der Waals surface area contributed by atoms with Crippen molar-refractivity contribution in [3.8, 4) is 0 Å². The van der Waals surface area contributed by atoms with Crippen molar-refractivity contribution in [3.05, 3.63) is 0 Å². The third-order valence-corrected chi connectivity index (χ3v) is 4.48. The van der Waals surface area contributed by atoms with Gasteiger partial charge in [0.05, 0.1) is 18.1 Å². The molecule has 0 bridgehead atoms. The van der Waals surface area contributed by atoms with Gasteiger partial charge in [-0.1, -0.05) is 0 Å². The van der Waals surface area contributed by atoms with Crippen LogP contribution in [0.25, 0.3) is 0 Å². The lowest BCUT2D eigenvalue weighted by Gasteiger charge is -2.24. The summed E-state index contributed by atoms with van der Waals surface area (Å²) < 4.78 is 22.7. The van der Waals surface area contributed by atoms with E-state index in [-0.39, 0.29) is 36.4 Å². The van der Waals surface area contributed by atoms with Crippen LogP contribution in [0.1, 0.15) is 13.3 Å². The molecule has 0 radical (unpaired) electrons. The highest BCUT2D eigenvalue weighted by atomic mass is 32.2. The van der Waals surface area contributed by atoms with Crippen molar-refractivity contribution < 1.29 is 23.4 Å². The zero-order chi connectivity index (χ0) is 13.8. The maximum Gasteiger partial charge on any atom is 0.221 e. The average molecular weight is 280 g/mol. The number of carbonyl (C=O) groups is 1. The van der Waals surface area contributed by atoms with Crippen LogP contribution < -0.4 is 10.6 Å². The van der Waals surface area contributed by atoms with Crippen LogP contribution in [0.5, 0.6) is 0 Å². The molecule has 0 saturated carbocycles. The predicted octanol–water partition coefficient (Wildman–Crippen LogP) is -2.38. The van der Waals surface area contributed by atoms with Gasteiger partial charge < -0.3 is 20.8 Å². The molecule has 0 aromatic rings. The van der Waals surface area contributed by atoms with Crippen molar-refractivity contribution in [1.29, 1.82) is 0 Å². The molecular formula is C10H20N2O5S. The standard InChI is InChI=1S/C10H20N2O5S/c1-10(15,7-13)6-12-9(14)4-8-5-18(16,17)3-2-11-8/h8,11,13,15H,2-7H2,1H3,(H,12,14). The first-order valence-corrected chi connectivity index (χ1v) is 7.60. The Hall–Kier alpha value is -0.700. The van der Waals surface area contributed by atoms with E-state index in [1.807, 2.05) is 0 Å². The van der Waals surface area contributed by atoms with Crippen molar-refractivity contribution in [2.45, 2.75) is 25.0 Å². The number of hydrogen-bond donors (Lipinski definition) is 4. The SMILES string of the molecule is CC(O)(CO)CNC(=O)CC1CS(=O)(=O)CCN1. The zero-order valence-electron chi connectivity index (χ0n) is 10.3. The summed E-state index contributed by atoms with van der Waals surface area (Å²) in [5.74, 6) is -0.292. The first-order valence-electron chi connectivity index (χ1n) is 5.78. The molecule has 1 amide bonds. The van der Waals surface area contributed by atoms with Gasteiger partial charge in [0.2, 0.25) is 5.91 Å². The lowest BCUT2D eigenvalue weighted by atomic mass is 10.1. The minimum absolute atomic E-state index is 0.0424. The molecule has 106 valence electrons. The van der Waals surface area contributed by atoms with Gasteiger partial charge >= 0.3 is 0 Å². The maximum atomic E-state index is 11.5. The van der Waals surface area contributed by atoms with Gasteiger partial charge in [0.25, 0.3) is 0 Å². The number of aliphatic hydroxyl groups excluding tert-OH is 1. The Morgan fingerprint density at radius 2 is 2.22 bits per heavy atom. The molecule has 0 aliphatic carbocycles. The summed E-state index contributed by atoms with van der Waals surface area (Å²) in [4.78, 5) is 11.5. The number of carbonyl (C=O) groups excluding carboxylic acids is 1. The monoisotopic (exact) mass is 280 g/mol. The molecule has 7 nitrogen and oxygen atoms in total. The summed E-state index contributed by atoms with van der Waals surface area (Å²) in [6.07, 6.45) is 0.0424. The molecule has 0 spiro atoms. The Balaban J connectivity index is 2.37. The molecule has 0 aromatic carbocycles. The van der Waals surface area contributed by atoms with E-state index in [2.05, 4.69) is 10.6 Å². The summed E-state index contributed by atoms with van der Waals surface area (Å²) in [5.41, 5.74) is -1.36. The lowest BCUT2D eigenvalue weighted by Crippen LogP contribution is -2.49. The van der Waals surface area contributed by atoms with E-state index < -0.39 is 22.0 Å². The van der Waals surface area contributed by atoms with Gasteiger partial charge in [-0.15, -0.1) is 0 Å². The molecule has 1 fully saturated rings. The third-order valence-electron chi connectivity index (χ3n) is 2.74. The summed E-state index contributed by atoms with van der Waals surface area (Å²) in [7, 11) is -3.06.